The Morgan fingerprint density at radius 2 is 2.06 bits per heavy atom. The zero-order chi connectivity index (χ0) is 12.7. The third-order valence-electron chi connectivity index (χ3n) is 2.74. The Kier molecular flexibility index (Phi) is 5.20. The molecule has 0 heterocycles. The van der Waals surface area contributed by atoms with E-state index in [2.05, 4.69) is 0 Å². The summed E-state index contributed by atoms with van der Waals surface area (Å²) in [6.45, 7) is 2.18. The highest BCUT2D eigenvalue weighted by Gasteiger charge is 2.22. The Bertz CT molecular complexity index is 364. The first kappa shape index (κ1) is 13.2. The molecule has 1 aromatic rings. The number of rotatable bonds is 7. The third kappa shape index (κ3) is 3.90. The van der Waals surface area contributed by atoms with Gasteiger partial charge < -0.3 is 10.0 Å². The first-order valence-electron chi connectivity index (χ1n) is 5.66. The molecule has 0 aliphatic rings. The molecule has 0 bridgehead atoms. The van der Waals surface area contributed by atoms with Crippen LogP contribution in [0.15, 0.2) is 30.3 Å². The van der Waals surface area contributed by atoms with Crippen molar-refractivity contribution in [3.63, 3.8) is 0 Å². The Balaban J connectivity index is 2.62. The molecule has 92 valence electrons. The number of benzene rings is 1. The van der Waals surface area contributed by atoms with Gasteiger partial charge in [0.25, 0.3) is 0 Å². The van der Waals surface area contributed by atoms with Gasteiger partial charge in [-0.15, -0.1) is 0 Å². The molecule has 1 rings (SSSR count). The van der Waals surface area contributed by atoms with E-state index in [1.54, 1.807) is 6.92 Å². The molecule has 1 aromatic carbocycles. The fourth-order valence-electron chi connectivity index (χ4n) is 1.75. The molecule has 17 heavy (non-hydrogen) atoms. The van der Waals surface area contributed by atoms with Gasteiger partial charge in [0.2, 0.25) is 6.41 Å². The van der Waals surface area contributed by atoms with E-state index in [0.717, 1.165) is 5.56 Å². The van der Waals surface area contributed by atoms with Gasteiger partial charge in [0.05, 0.1) is 0 Å². The summed E-state index contributed by atoms with van der Waals surface area (Å²) in [6.07, 6.45) is 1.69. The number of carbonyl (C=O) groups excluding carboxylic acids is 1. The molecule has 4 nitrogen and oxygen atoms in total. The maximum atomic E-state index is 11.1. The normalized spacial score (nSPS) is 11.8. The van der Waals surface area contributed by atoms with Crippen molar-refractivity contribution >= 4 is 12.4 Å². The molecule has 0 aliphatic heterocycles. The number of aryl methyl sites for hydroxylation is 1. The van der Waals surface area contributed by atoms with Crippen molar-refractivity contribution in [1.82, 2.24) is 4.90 Å². The Labute approximate surface area is 101 Å². The van der Waals surface area contributed by atoms with Crippen LogP contribution in [0.4, 0.5) is 0 Å². The minimum absolute atomic E-state index is 0.412. The quantitative estimate of drug-likeness (QED) is 0.729. The topological polar surface area (TPSA) is 57.6 Å². The van der Waals surface area contributed by atoms with Gasteiger partial charge in [0.1, 0.15) is 6.04 Å². The molecule has 0 spiro atoms. The lowest BCUT2D eigenvalue weighted by Gasteiger charge is -2.23. The lowest BCUT2D eigenvalue weighted by atomic mass is 10.0. The second-order valence-corrected chi connectivity index (χ2v) is 3.81. The fraction of sp³-hybridized carbons (Fsp3) is 0.385. The van der Waals surface area contributed by atoms with Crippen molar-refractivity contribution in [2.45, 2.75) is 25.8 Å². The van der Waals surface area contributed by atoms with Gasteiger partial charge in [-0.1, -0.05) is 30.3 Å². The molecule has 0 aromatic heterocycles. The summed E-state index contributed by atoms with van der Waals surface area (Å²) >= 11 is 0. The Hall–Kier alpha value is -1.84. The van der Waals surface area contributed by atoms with Gasteiger partial charge in [-0.3, -0.25) is 4.79 Å². The van der Waals surface area contributed by atoms with E-state index in [4.69, 9.17) is 5.11 Å². The van der Waals surface area contributed by atoms with E-state index in [1.165, 1.54) is 4.90 Å². The molecule has 0 aliphatic carbocycles. The summed E-state index contributed by atoms with van der Waals surface area (Å²) in [5, 5.41) is 9.08. The lowest BCUT2D eigenvalue weighted by Crippen LogP contribution is -2.40. The lowest BCUT2D eigenvalue weighted by molar-refractivity contribution is -0.146. The van der Waals surface area contributed by atoms with Crippen LogP contribution in [-0.4, -0.2) is 35.0 Å². The van der Waals surface area contributed by atoms with Crippen molar-refractivity contribution in [1.29, 1.82) is 0 Å². The average molecular weight is 235 g/mol. The minimum Gasteiger partial charge on any atom is -0.480 e. The zero-order valence-corrected chi connectivity index (χ0v) is 9.87. The van der Waals surface area contributed by atoms with Crippen LogP contribution < -0.4 is 0 Å². The number of amides is 1. The van der Waals surface area contributed by atoms with Crippen LogP contribution in [0, 0.1) is 0 Å². The average Bonchev–Trinajstić information content (AvgIpc) is 2.35. The summed E-state index contributed by atoms with van der Waals surface area (Å²) in [5.41, 5.74) is 1.08. The molecule has 0 radical (unpaired) electrons. The predicted molar refractivity (Wildman–Crippen MR) is 64.6 cm³/mol. The highest BCUT2D eigenvalue weighted by Crippen LogP contribution is 2.09. The predicted octanol–water partition coefficient (Wildman–Crippen LogP) is 1.55. The molecule has 1 N–H and O–H groups in total. The highest BCUT2D eigenvalue weighted by atomic mass is 16.4. The summed E-state index contributed by atoms with van der Waals surface area (Å²) in [4.78, 5) is 23.1. The fourth-order valence-corrected chi connectivity index (χ4v) is 1.75. The summed E-state index contributed by atoms with van der Waals surface area (Å²) in [7, 11) is 0. The van der Waals surface area contributed by atoms with Crippen molar-refractivity contribution in [2.24, 2.45) is 0 Å². The van der Waals surface area contributed by atoms with Crippen LogP contribution >= 0.6 is 0 Å². The van der Waals surface area contributed by atoms with Crippen molar-refractivity contribution < 1.29 is 14.7 Å². The largest absolute Gasteiger partial charge is 0.480 e. The molecule has 0 fully saturated rings. The second kappa shape index (κ2) is 6.68. The monoisotopic (exact) mass is 235 g/mol. The third-order valence-corrected chi connectivity index (χ3v) is 2.74. The van der Waals surface area contributed by atoms with Crippen LogP contribution in [0.3, 0.4) is 0 Å². The number of carboxylic acids is 1. The number of hydrogen-bond donors (Lipinski definition) is 1. The van der Waals surface area contributed by atoms with E-state index in [0.29, 0.717) is 25.8 Å². The van der Waals surface area contributed by atoms with Gasteiger partial charge in [0, 0.05) is 6.54 Å². The number of carboxylic acid groups (broad SMARTS) is 1. The van der Waals surface area contributed by atoms with Gasteiger partial charge in [-0.2, -0.15) is 0 Å². The van der Waals surface area contributed by atoms with E-state index < -0.39 is 12.0 Å². The van der Waals surface area contributed by atoms with E-state index in [9.17, 15) is 9.59 Å². The van der Waals surface area contributed by atoms with Gasteiger partial charge in [0.15, 0.2) is 0 Å². The maximum Gasteiger partial charge on any atom is 0.326 e. The second-order valence-electron chi connectivity index (χ2n) is 3.81. The summed E-state index contributed by atoms with van der Waals surface area (Å²) < 4.78 is 0. The number of hydrogen-bond acceptors (Lipinski definition) is 2. The van der Waals surface area contributed by atoms with Gasteiger partial charge in [-0.25, -0.2) is 4.79 Å². The standard InChI is InChI=1S/C13H17NO3/c1-2-14(10-15)12(13(16)17)9-8-11-6-4-3-5-7-11/h3-7,10,12H,2,8-9H2,1H3,(H,16,17). The Morgan fingerprint density at radius 1 is 1.41 bits per heavy atom. The number of aliphatic carboxylic acids is 1. The molecule has 0 saturated carbocycles. The maximum absolute atomic E-state index is 11.1. The number of carbonyl (C=O) groups is 2. The summed E-state index contributed by atoms with van der Waals surface area (Å²) in [5.74, 6) is -0.949. The number of likely N-dealkylation sites (N-methyl/N-ethyl adjacent to an activating group) is 1. The highest BCUT2D eigenvalue weighted by molar-refractivity contribution is 5.76. The molecule has 4 heteroatoms. The van der Waals surface area contributed by atoms with Crippen molar-refractivity contribution in [3.05, 3.63) is 35.9 Å². The van der Waals surface area contributed by atoms with Crippen LogP contribution in [0.5, 0.6) is 0 Å². The first-order valence-corrected chi connectivity index (χ1v) is 5.66. The molecule has 1 unspecified atom stereocenters. The van der Waals surface area contributed by atoms with Gasteiger partial charge in [-0.05, 0) is 25.3 Å². The Morgan fingerprint density at radius 3 is 2.53 bits per heavy atom. The first-order chi connectivity index (χ1) is 8.19. The molecular formula is C13H17NO3. The van der Waals surface area contributed by atoms with Crippen molar-refractivity contribution in [2.75, 3.05) is 6.54 Å². The molecule has 1 amide bonds. The van der Waals surface area contributed by atoms with E-state index in [-0.39, 0.29) is 0 Å². The zero-order valence-electron chi connectivity index (χ0n) is 9.87. The van der Waals surface area contributed by atoms with E-state index >= 15 is 0 Å². The van der Waals surface area contributed by atoms with Crippen molar-refractivity contribution in [3.8, 4) is 0 Å². The van der Waals surface area contributed by atoms with Crippen LogP contribution in [0.1, 0.15) is 18.9 Å². The molecule has 1 atom stereocenters. The minimum atomic E-state index is -0.949. The van der Waals surface area contributed by atoms with E-state index in [1.807, 2.05) is 30.3 Å². The number of nitrogens with zero attached hydrogens (tertiary/aromatic N) is 1. The molecule has 0 saturated heterocycles. The SMILES string of the molecule is CCN(C=O)C(CCc1ccccc1)C(=O)O. The summed E-state index contributed by atoms with van der Waals surface area (Å²) in [6, 6.07) is 8.93. The van der Waals surface area contributed by atoms with Crippen LogP contribution in [0.2, 0.25) is 0 Å². The smallest absolute Gasteiger partial charge is 0.326 e. The van der Waals surface area contributed by atoms with Crippen LogP contribution in [0.25, 0.3) is 0 Å². The molecular weight excluding hydrogens is 218 g/mol. The van der Waals surface area contributed by atoms with Crippen LogP contribution in [-0.2, 0) is 16.0 Å². The van der Waals surface area contributed by atoms with Gasteiger partial charge >= 0.3 is 5.97 Å².